The van der Waals surface area contributed by atoms with E-state index in [9.17, 15) is 4.79 Å². The highest BCUT2D eigenvalue weighted by molar-refractivity contribution is 5.87. The molecule has 0 saturated heterocycles. The standard InChI is InChI=1S/C24H24O2/c1-18-7-9-19(10-8-18)11-12-23(17-20-5-3-2-4-6-20)21-13-15-22(16-14-21)24(25)26/h2-10,13-16,23H,11-12,17H2,1H3,(H,25,26). The van der Waals surface area contributed by atoms with Crippen molar-refractivity contribution in [3.05, 3.63) is 107 Å². The Morgan fingerprint density at radius 1 is 0.846 bits per heavy atom. The normalized spacial score (nSPS) is 11.9. The molecule has 3 aromatic rings. The number of rotatable bonds is 7. The maximum Gasteiger partial charge on any atom is 0.335 e. The Labute approximate surface area is 155 Å². The van der Waals surface area contributed by atoms with Gasteiger partial charge in [-0.25, -0.2) is 4.79 Å². The van der Waals surface area contributed by atoms with Crippen molar-refractivity contribution in [1.82, 2.24) is 0 Å². The number of carboxylic acids is 1. The van der Waals surface area contributed by atoms with E-state index in [-0.39, 0.29) is 0 Å². The van der Waals surface area contributed by atoms with Gasteiger partial charge in [0.1, 0.15) is 0 Å². The van der Waals surface area contributed by atoms with Gasteiger partial charge in [-0.2, -0.15) is 0 Å². The minimum absolute atomic E-state index is 0.339. The van der Waals surface area contributed by atoms with Crippen LogP contribution in [0.2, 0.25) is 0 Å². The van der Waals surface area contributed by atoms with E-state index in [0.29, 0.717) is 11.5 Å². The molecule has 132 valence electrons. The number of benzene rings is 3. The highest BCUT2D eigenvalue weighted by Crippen LogP contribution is 2.27. The second-order valence-electron chi connectivity index (χ2n) is 6.84. The van der Waals surface area contributed by atoms with Crippen molar-refractivity contribution >= 4 is 5.97 Å². The number of aryl methyl sites for hydroxylation is 2. The van der Waals surface area contributed by atoms with Crippen molar-refractivity contribution in [2.45, 2.75) is 32.1 Å². The van der Waals surface area contributed by atoms with Gasteiger partial charge in [0.25, 0.3) is 0 Å². The van der Waals surface area contributed by atoms with Crippen LogP contribution in [-0.2, 0) is 12.8 Å². The zero-order valence-corrected chi connectivity index (χ0v) is 15.1. The molecule has 0 amide bonds. The lowest BCUT2D eigenvalue weighted by Crippen LogP contribution is -2.06. The predicted octanol–water partition coefficient (Wildman–Crippen LogP) is 5.65. The highest BCUT2D eigenvalue weighted by atomic mass is 16.4. The molecule has 0 aromatic heterocycles. The maximum absolute atomic E-state index is 11.1. The zero-order chi connectivity index (χ0) is 18.4. The minimum Gasteiger partial charge on any atom is -0.478 e. The van der Waals surface area contributed by atoms with Crippen LogP contribution >= 0.6 is 0 Å². The first-order chi connectivity index (χ1) is 12.6. The summed E-state index contributed by atoms with van der Waals surface area (Å²) < 4.78 is 0. The molecule has 0 saturated carbocycles. The fourth-order valence-electron chi connectivity index (χ4n) is 3.28. The molecule has 3 aromatic carbocycles. The van der Waals surface area contributed by atoms with Crippen LogP contribution in [0.25, 0.3) is 0 Å². The van der Waals surface area contributed by atoms with E-state index in [4.69, 9.17) is 5.11 Å². The molecular weight excluding hydrogens is 320 g/mol. The third kappa shape index (κ3) is 4.82. The number of carboxylic acid groups (broad SMARTS) is 1. The van der Waals surface area contributed by atoms with Gasteiger partial charge in [-0.05, 0) is 60.9 Å². The average Bonchev–Trinajstić information content (AvgIpc) is 2.67. The summed E-state index contributed by atoms with van der Waals surface area (Å²) in [6.45, 7) is 2.10. The molecule has 1 atom stereocenters. The summed E-state index contributed by atoms with van der Waals surface area (Å²) in [5.41, 5.74) is 5.47. The monoisotopic (exact) mass is 344 g/mol. The molecule has 0 aliphatic heterocycles. The summed E-state index contributed by atoms with van der Waals surface area (Å²) in [6.07, 6.45) is 3.00. The Hall–Kier alpha value is -2.87. The van der Waals surface area contributed by atoms with E-state index in [1.807, 2.05) is 18.2 Å². The quantitative estimate of drug-likeness (QED) is 0.601. The van der Waals surface area contributed by atoms with Gasteiger partial charge in [0, 0.05) is 0 Å². The van der Waals surface area contributed by atoms with Gasteiger partial charge in [0.2, 0.25) is 0 Å². The molecule has 2 heteroatoms. The molecule has 0 aliphatic carbocycles. The van der Waals surface area contributed by atoms with Crippen molar-refractivity contribution in [3.8, 4) is 0 Å². The Balaban J connectivity index is 1.78. The van der Waals surface area contributed by atoms with Crippen LogP contribution in [-0.4, -0.2) is 11.1 Å². The van der Waals surface area contributed by atoms with Crippen LogP contribution in [0.4, 0.5) is 0 Å². The van der Waals surface area contributed by atoms with Crippen molar-refractivity contribution < 1.29 is 9.90 Å². The van der Waals surface area contributed by atoms with E-state index in [2.05, 4.69) is 55.5 Å². The summed E-state index contributed by atoms with van der Waals surface area (Å²) in [6, 6.07) is 26.5. The second kappa shape index (κ2) is 8.48. The van der Waals surface area contributed by atoms with Crippen LogP contribution < -0.4 is 0 Å². The van der Waals surface area contributed by atoms with Crippen molar-refractivity contribution in [1.29, 1.82) is 0 Å². The fourth-order valence-corrected chi connectivity index (χ4v) is 3.28. The first kappa shape index (κ1) is 17.9. The van der Waals surface area contributed by atoms with E-state index in [1.165, 1.54) is 22.3 Å². The fraction of sp³-hybridized carbons (Fsp3) is 0.208. The van der Waals surface area contributed by atoms with Crippen LogP contribution in [0, 0.1) is 6.92 Å². The molecule has 2 nitrogen and oxygen atoms in total. The summed E-state index contributed by atoms with van der Waals surface area (Å²) in [5, 5.41) is 9.12. The van der Waals surface area contributed by atoms with E-state index in [1.54, 1.807) is 12.1 Å². The van der Waals surface area contributed by atoms with Gasteiger partial charge in [-0.15, -0.1) is 0 Å². The molecule has 1 N–H and O–H groups in total. The topological polar surface area (TPSA) is 37.3 Å². The first-order valence-corrected chi connectivity index (χ1v) is 9.04. The first-order valence-electron chi connectivity index (χ1n) is 9.04. The molecule has 0 aliphatic rings. The predicted molar refractivity (Wildman–Crippen MR) is 106 cm³/mol. The third-order valence-electron chi connectivity index (χ3n) is 4.86. The second-order valence-corrected chi connectivity index (χ2v) is 6.84. The van der Waals surface area contributed by atoms with Gasteiger partial charge >= 0.3 is 5.97 Å². The van der Waals surface area contributed by atoms with E-state index in [0.717, 1.165) is 19.3 Å². The number of hydrogen-bond donors (Lipinski definition) is 1. The van der Waals surface area contributed by atoms with Crippen LogP contribution in [0.3, 0.4) is 0 Å². The van der Waals surface area contributed by atoms with Crippen molar-refractivity contribution in [2.75, 3.05) is 0 Å². The average molecular weight is 344 g/mol. The van der Waals surface area contributed by atoms with Gasteiger partial charge in [-0.3, -0.25) is 0 Å². The summed E-state index contributed by atoms with van der Waals surface area (Å²) >= 11 is 0. The number of hydrogen-bond acceptors (Lipinski definition) is 1. The van der Waals surface area contributed by atoms with Crippen LogP contribution in [0.5, 0.6) is 0 Å². The lowest BCUT2D eigenvalue weighted by atomic mass is 9.86. The van der Waals surface area contributed by atoms with Gasteiger partial charge in [-0.1, -0.05) is 72.3 Å². The highest BCUT2D eigenvalue weighted by Gasteiger charge is 2.14. The lowest BCUT2D eigenvalue weighted by molar-refractivity contribution is 0.0697. The molecule has 0 bridgehead atoms. The summed E-state index contributed by atoms with van der Waals surface area (Å²) in [5.74, 6) is -0.516. The number of aromatic carboxylic acids is 1. The van der Waals surface area contributed by atoms with Crippen molar-refractivity contribution in [2.24, 2.45) is 0 Å². The van der Waals surface area contributed by atoms with Crippen LogP contribution in [0.15, 0.2) is 78.9 Å². The lowest BCUT2D eigenvalue weighted by Gasteiger charge is -2.18. The Morgan fingerprint density at radius 2 is 1.50 bits per heavy atom. The molecular formula is C24H24O2. The smallest absolute Gasteiger partial charge is 0.335 e. The largest absolute Gasteiger partial charge is 0.478 e. The van der Waals surface area contributed by atoms with Crippen LogP contribution in [0.1, 0.15) is 45.0 Å². The Morgan fingerprint density at radius 3 is 2.12 bits per heavy atom. The van der Waals surface area contributed by atoms with Gasteiger partial charge in [0.15, 0.2) is 0 Å². The SMILES string of the molecule is Cc1ccc(CCC(Cc2ccccc2)c2ccc(C(=O)O)cc2)cc1. The molecule has 1 unspecified atom stereocenters. The summed E-state index contributed by atoms with van der Waals surface area (Å²) in [4.78, 5) is 11.1. The number of carbonyl (C=O) groups is 1. The molecule has 3 rings (SSSR count). The molecule has 0 radical (unpaired) electrons. The maximum atomic E-state index is 11.1. The Bertz CT molecular complexity index is 834. The molecule has 26 heavy (non-hydrogen) atoms. The van der Waals surface area contributed by atoms with Gasteiger partial charge in [0.05, 0.1) is 5.56 Å². The summed E-state index contributed by atoms with van der Waals surface area (Å²) in [7, 11) is 0. The zero-order valence-electron chi connectivity index (χ0n) is 15.1. The van der Waals surface area contributed by atoms with Gasteiger partial charge < -0.3 is 5.11 Å². The minimum atomic E-state index is -0.879. The molecule has 0 heterocycles. The molecule has 0 fully saturated rings. The Kier molecular flexibility index (Phi) is 5.85. The molecule has 0 spiro atoms. The van der Waals surface area contributed by atoms with E-state index >= 15 is 0 Å². The third-order valence-corrected chi connectivity index (χ3v) is 4.86. The van der Waals surface area contributed by atoms with E-state index < -0.39 is 5.97 Å². The van der Waals surface area contributed by atoms with Crippen molar-refractivity contribution in [3.63, 3.8) is 0 Å².